The zero-order valence-corrected chi connectivity index (χ0v) is 10.7. The van der Waals surface area contributed by atoms with Crippen molar-refractivity contribution in [3.63, 3.8) is 0 Å². The summed E-state index contributed by atoms with van der Waals surface area (Å²) in [5.41, 5.74) is 0.763. The second-order valence-corrected chi connectivity index (χ2v) is 5.16. The quantitative estimate of drug-likeness (QED) is 0.806. The number of aromatic carboxylic acids is 1. The lowest BCUT2D eigenvalue weighted by atomic mass is 10.0. The van der Waals surface area contributed by atoms with Crippen molar-refractivity contribution < 1.29 is 9.90 Å². The topological polar surface area (TPSA) is 62.2 Å². The van der Waals surface area contributed by atoms with E-state index in [1.54, 1.807) is 12.1 Å². The molecule has 2 unspecified atom stereocenters. The van der Waals surface area contributed by atoms with Crippen LogP contribution in [0.25, 0.3) is 0 Å². The zero-order chi connectivity index (χ0) is 13.0. The van der Waals surface area contributed by atoms with Gasteiger partial charge in [0.25, 0.3) is 0 Å². The van der Waals surface area contributed by atoms with E-state index in [2.05, 4.69) is 17.2 Å². The smallest absolute Gasteiger partial charge is 0.356 e. The fourth-order valence-electron chi connectivity index (χ4n) is 2.54. The molecule has 0 aliphatic heterocycles. The van der Waals surface area contributed by atoms with Crippen molar-refractivity contribution in [1.29, 1.82) is 0 Å². The van der Waals surface area contributed by atoms with Crippen LogP contribution < -0.4 is 5.32 Å². The number of nitrogens with one attached hydrogen (secondary N) is 1. The number of nitrogens with zero attached hydrogens (tertiary/aromatic N) is 1. The van der Waals surface area contributed by atoms with Crippen molar-refractivity contribution in [2.24, 2.45) is 5.92 Å². The molecule has 18 heavy (non-hydrogen) atoms. The molecule has 0 spiro atoms. The van der Waals surface area contributed by atoms with E-state index in [1.165, 1.54) is 25.5 Å². The molecule has 2 rings (SSSR count). The molecule has 1 aromatic heterocycles. The fourth-order valence-corrected chi connectivity index (χ4v) is 2.54. The maximum absolute atomic E-state index is 11.1. The van der Waals surface area contributed by atoms with Crippen molar-refractivity contribution in [2.75, 3.05) is 5.32 Å². The Labute approximate surface area is 107 Å². The van der Waals surface area contributed by atoms with Crippen LogP contribution in [0.2, 0.25) is 0 Å². The fraction of sp³-hybridized carbons (Fsp3) is 0.571. The highest BCUT2D eigenvalue weighted by Gasteiger charge is 2.18. The van der Waals surface area contributed by atoms with Gasteiger partial charge >= 0.3 is 5.97 Å². The number of hydrogen-bond acceptors (Lipinski definition) is 3. The third-order valence-electron chi connectivity index (χ3n) is 3.63. The van der Waals surface area contributed by atoms with E-state index in [0.29, 0.717) is 11.7 Å². The Morgan fingerprint density at radius 1 is 1.39 bits per heavy atom. The number of aromatic nitrogens is 1. The summed E-state index contributed by atoms with van der Waals surface area (Å²) in [5.74, 6) is -0.190. The van der Waals surface area contributed by atoms with Gasteiger partial charge in [0.05, 0.1) is 5.69 Å². The Balaban J connectivity index is 2.06. The Morgan fingerprint density at radius 3 is 3.00 bits per heavy atom. The molecule has 1 aliphatic carbocycles. The van der Waals surface area contributed by atoms with Gasteiger partial charge in [0, 0.05) is 12.2 Å². The zero-order valence-electron chi connectivity index (χ0n) is 10.7. The summed E-state index contributed by atoms with van der Waals surface area (Å²) in [6, 6.07) is 3.94. The predicted molar refractivity (Wildman–Crippen MR) is 70.9 cm³/mol. The number of anilines is 1. The van der Waals surface area contributed by atoms with E-state index >= 15 is 0 Å². The minimum atomic E-state index is -0.972. The van der Waals surface area contributed by atoms with Gasteiger partial charge in [-0.3, -0.25) is 0 Å². The molecular formula is C14H20N2O2. The van der Waals surface area contributed by atoms with Crippen LogP contribution in [0, 0.1) is 5.92 Å². The van der Waals surface area contributed by atoms with Gasteiger partial charge in [-0.05, 0) is 37.3 Å². The highest BCUT2D eigenvalue weighted by atomic mass is 16.4. The van der Waals surface area contributed by atoms with Gasteiger partial charge in [0.15, 0.2) is 5.69 Å². The molecule has 0 amide bonds. The molecule has 4 heteroatoms. The van der Waals surface area contributed by atoms with Gasteiger partial charge < -0.3 is 10.4 Å². The van der Waals surface area contributed by atoms with Crippen molar-refractivity contribution in [3.05, 3.63) is 24.0 Å². The van der Waals surface area contributed by atoms with Gasteiger partial charge in [-0.15, -0.1) is 0 Å². The lowest BCUT2D eigenvalue weighted by Gasteiger charge is -2.18. The second-order valence-electron chi connectivity index (χ2n) is 5.16. The van der Waals surface area contributed by atoms with Gasteiger partial charge in [0.2, 0.25) is 0 Å². The average molecular weight is 248 g/mol. The molecule has 1 heterocycles. The standard InChI is InChI=1S/C14H20N2O2/c1-10-4-2-5-11(8-7-10)16-12-6-3-9-15-13(12)14(17)18/h3,6,9-11,16H,2,4-5,7-8H2,1H3,(H,17,18). The molecule has 4 nitrogen and oxygen atoms in total. The van der Waals surface area contributed by atoms with E-state index in [-0.39, 0.29) is 5.69 Å². The SMILES string of the molecule is CC1CCCC(Nc2cccnc2C(=O)O)CC1. The third-order valence-corrected chi connectivity index (χ3v) is 3.63. The Hall–Kier alpha value is -1.58. The minimum Gasteiger partial charge on any atom is -0.476 e. The number of carboxylic acids is 1. The monoisotopic (exact) mass is 248 g/mol. The van der Waals surface area contributed by atoms with Gasteiger partial charge in [-0.1, -0.05) is 19.8 Å². The number of carboxylic acid groups (broad SMARTS) is 1. The van der Waals surface area contributed by atoms with Crippen LogP contribution in [-0.4, -0.2) is 22.1 Å². The van der Waals surface area contributed by atoms with E-state index < -0.39 is 5.97 Å². The summed E-state index contributed by atoms with van der Waals surface area (Å²) in [6.07, 6.45) is 7.43. The van der Waals surface area contributed by atoms with Gasteiger partial charge in [0.1, 0.15) is 0 Å². The van der Waals surface area contributed by atoms with Crippen LogP contribution in [0.3, 0.4) is 0 Å². The van der Waals surface area contributed by atoms with Gasteiger partial charge in [-0.2, -0.15) is 0 Å². The van der Waals surface area contributed by atoms with Crippen LogP contribution in [0.4, 0.5) is 5.69 Å². The van der Waals surface area contributed by atoms with Crippen LogP contribution >= 0.6 is 0 Å². The van der Waals surface area contributed by atoms with Crippen molar-refractivity contribution in [3.8, 4) is 0 Å². The van der Waals surface area contributed by atoms with E-state index in [1.807, 2.05) is 0 Å². The summed E-state index contributed by atoms with van der Waals surface area (Å²) in [4.78, 5) is 15.0. The van der Waals surface area contributed by atoms with Crippen molar-refractivity contribution in [1.82, 2.24) is 4.98 Å². The number of rotatable bonds is 3. The van der Waals surface area contributed by atoms with E-state index in [9.17, 15) is 4.79 Å². The second kappa shape index (κ2) is 5.85. The molecule has 0 aromatic carbocycles. The molecule has 0 bridgehead atoms. The maximum atomic E-state index is 11.1. The number of pyridine rings is 1. The third kappa shape index (κ3) is 3.22. The number of hydrogen-bond donors (Lipinski definition) is 2. The van der Waals surface area contributed by atoms with Crippen LogP contribution in [-0.2, 0) is 0 Å². The minimum absolute atomic E-state index is 0.120. The largest absolute Gasteiger partial charge is 0.476 e. The van der Waals surface area contributed by atoms with Crippen molar-refractivity contribution >= 4 is 11.7 Å². The molecule has 98 valence electrons. The first-order valence-corrected chi connectivity index (χ1v) is 6.61. The maximum Gasteiger partial charge on any atom is 0.356 e. The Morgan fingerprint density at radius 2 is 2.22 bits per heavy atom. The molecule has 1 saturated carbocycles. The summed E-state index contributed by atoms with van der Waals surface area (Å²) in [6.45, 7) is 2.29. The highest BCUT2D eigenvalue weighted by molar-refractivity contribution is 5.91. The van der Waals surface area contributed by atoms with Crippen LogP contribution in [0.5, 0.6) is 0 Å². The molecule has 1 aliphatic rings. The number of carbonyl (C=O) groups is 1. The summed E-state index contributed by atoms with van der Waals surface area (Å²) in [5, 5.41) is 12.4. The van der Waals surface area contributed by atoms with Crippen LogP contribution in [0.15, 0.2) is 18.3 Å². The van der Waals surface area contributed by atoms with Crippen molar-refractivity contribution in [2.45, 2.75) is 45.1 Å². The molecule has 1 fully saturated rings. The average Bonchev–Trinajstić information content (AvgIpc) is 2.55. The summed E-state index contributed by atoms with van der Waals surface area (Å²) >= 11 is 0. The molecule has 2 atom stereocenters. The van der Waals surface area contributed by atoms with E-state index in [4.69, 9.17) is 5.11 Å². The first kappa shape index (κ1) is 12.9. The Bertz CT molecular complexity index is 420. The lowest BCUT2D eigenvalue weighted by Crippen LogP contribution is -2.20. The van der Waals surface area contributed by atoms with E-state index in [0.717, 1.165) is 18.8 Å². The molecular weight excluding hydrogens is 228 g/mol. The van der Waals surface area contributed by atoms with Crippen LogP contribution in [0.1, 0.15) is 49.5 Å². The summed E-state index contributed by atoms with van der Waals surface area (Å²) < 4.78 is 0. The van der Waals surface area contributed by atoms with Gasteiger partial charge in [-0.25, -0.2) is 9.78 Å². The first-order valence-electron chi connectivity index (χ1n) is 6.61. The Kier molecular flexibility index (Phi) is 4.18. The molecule has 0 saturated heterocycles. The highest BCUT2D eigenvalue weighted by Crippen LogP contribution is 2.25. The first-order chi connectivity index (χ1) is 8.66. The predicted octanol–water partition coefficient (Wildman–Crippen LogP) is 3.16. The molecule has 2 N–H and O–H groups in total. The normalized spacial score (nSPS) is 24.3. The lowest BCUT2D eigenvalue weighted by molar-refractivity contribution is 0.0691. The molecule has 1 aromatic rings. The summed E-state index contributed by atoms with van der Waals surface area (Å²) in [7, 11) is 0. The molecule has 0 radical (unpaired) electrons.